The summed E-state index contributed by atoms with van der Waals surface area (Å²) < 4.78 is 5.19. The van der Waals surface area contributed by atoms with Gasteiger partial charge in [0, 0.05) is 14.1 Å². The number of hydroxylamine groups is 4. The van der Waals surface area contributed by atoms with E-state index in [1.54, 1.807) is 20.8 Å². The first-order valence-corrected chi connectivity index (χ1v) is 6.61. The van der Waals surface area contributed by atoms with E-state index in [0.717, 1.165) is 15.0 Å². The van der Waals surface area contributed by atoms with Crippen LogP contribution in [0.15, 0.2) is 0 Å². The molecule has 0 aromatic carbocycles. The van der Waals surface area contributed by atoms with E-state index in [1.165, 1.54) is 28.3 Å². The van der Waals surface area contributed by atoms with Crippen LogP contribution in [0.1, 0.15) is 20.8 Å². The monoisotopic (exact) mass is 319 g/mol. The van der Waals surface area contributed by atoms with Crippen LogP contribution in [-0.2, 0) is 24.0 Å². The Balaban J connectivity index is 5.02. The van der Waals surface area contributed by atoms with Crippen LogP contribution in [0.25, 0.3) is 0 Å². The fourth-order valence-electron chi connectivity index (χ4n) is 1.24. The molecule has 0 radical (unpaired) electrons. The second kappa shape index (κ2) is 8.54. The molecule has 0 unspecified atom stereocenters. The summed E-state index contributed by atoms with van der Waals surface area (Å²) in [6.45, 7) is 4.35. The average molecular weight is 319 g/mol. The van der Waals surface area contributed by atoms with Crippen LogP contribution < -0.4 is 0 Å². The van der Waals surface area contributed by atoms with Crippen molar-refractivity contribution in [1.82, 2.24) is 15.0 Å². The van der Waals surface area contributed by atoms with Crippen molar-refractivity contribution in [3.8, 4) is 0 Å². The molecule has 0 aliphatic heterocycles. The molecule has 0 rings (SSSR count). The SMILES string of the molecule is CON(C)C(=O)CN(CC(=O)N(C)OC)C(=O)OC(C)(C)C. The molecule has 0 aromatic rings. The number of likely N-dealkylation sites (N-methyl/N-ethyl adjacent to an activating group) is 2. The number of carbonyl (C=O) groups excluding carboxylic acids is 3. The molecule has 0 saturated carbocycles. The van der Waals surface area contributed by atoms with Crippen molar-refractivity contribution in [3.63, 3.8) is 0 Å². The minimum absolute atomic E-state index is 0.359. The summed E-state index contributed by atoms with van der Waals surface area (Å²) in [5, 5.41) is 1.92. The Morgan fingerprint density at radius 3 is 1.50 bits per heavy atom. The Labute approximate surface area is 130 Å². The van der Waals surface area contributed by atoms with Crippen molar-refractivity contribution >= 4 is 17.9 Å². The molecule has 0 fully saturated rings. The lowest BCUT2D eigenvalue weighted by Gasteiger charge is -2.28. The molecule has 0 aromatic heterocycles. The van der Waals surface area contributed by atoms with E-state index in [9.17, 15) is 14.4 Å². The maximum absolute atomic E-state index is 12.1. The number of carbonyl (C=O) groups is 3. The molecule has 0 spiro atoms. The zero-order chi connectivity index (χ0) is 17.5. The maximum Gasteiger partial charge on any atom is 0.411 e. The van der Waals surface area contributed by atoms with Gasteiger partial charge in [-0.3, -0.25) is 24.2 Å². The predicted molar refractivity (Wildman–Crippen MR) is 77.4 cm³/mol. The van der Waals surface area contributed by atoms with Crippen molar-refractivity contribution in [2.45, 2.75) is 26.4 Å². The van der Waals surface area contributed by atoms with Gasteiger partial charge in [0.05, 0.1) is 14.2 Å². The normalized spacial score (nSPS) is 10.9. The fraction of sp³-hybridized carbons (Fsp3) is 0.769. The topological polar surface area (TPSA) is 88.6 Å². The first kappa shape index (κ1) is 20.1. The summed E-state index contributed by atoms with van der Waals surface area (Å²) in [4.78, 5) is 46.4. The lowest BCUT2D eigenvalue weighted by molar-refractivity contribution is -0.173. The second-order valence-electron chi connectivity index (χ2n) is 5.48. The Hall–Kier alpha value is -1.87. The van der Waals surface area contributed by atoms with Gasteiger partial charge in [-0.15, -0.1) is 0 Å². The van der Waals surface area contributed by atoms with Crippen LogP contribution in [0.2, 0.25) is 0 Å². The quantitative estimate of drug-likeness (QED) is 0.653. The molecule has 3 amide bonds. The third kappa shape index (κ3) is 7.23. The molecule has 9 heteroatoms. The standard InChI is InChI=1S/C13H25N3O6/c1-13(2,3)22-12(19)16(8-10(17)14(4)20-6)9-11(18)15(5)21-7/h8-9H2,1-7H3. The van der Waals surface area contributed by atoms with Gasteiger partial charge < -0.3 is 4.74 Å². The van der Waals surface area contributed by atoms with E-state index in [0.29, 0.717) is 0 Å². The number of hydrogen-bond donors (Lipinski definition) is 0. The molecule has 22 heavy (non-hydrogen) atoms. The third-order valence-corrected chi connectivity index (χ3v) is 2.55. The zero-order valence-corrected chi connectivity index (χ0v) is 14.2. The van der Waals surface area contributed by atoms with Gasteiger partial charge in [0.1, 0.15) is 18.7 Å². The second-order valence-corrected chi connectivity index (χ2v) is 5.48. The summed E-state index contributed by atoms with van der Waals surface area (Å²) in [6, 6.07) is 0. The molecule has 128 valence electrons. The van der Waals surface area contributed by atoms with Crippen LogP contribution in [0, 0.1) is 0 Å². The lowest BCUT2D eigenvalue weighted by Crippen LogP contribution is -2.47. The van der Waals surface area contributed by atoms with Gasteiger partial charge in [-0.05, 0) is 20.8 Å². The molecule has 0 saturated heterocycles. The van der Waals surface area contributed by atoms with Crippen molar-refractivity contribution in [2.24, 2.45) is 0 Å². The van der Waals surface area contributed by atoms with Crippen LogP contribution in [0.4, 0.5) is 4.79 Å². The number of ether oxygens (including phenoxy) is 1. The summed E-state index contributed by atoms with van der Waals surface area (Å²) >= 11 is 0. The molecule has 0 aliphatic rings. The molecule has 0 atom stereocenters. The zero-order valence-electron chi connectivity index (χ0n) is 14.2. The van der Waals surface area contributed by atoms with Crippen molar-refractivity contribution in [2.75, 3.05) is 41.4 Å². The van der Waals surface area contributed by atoms with Crippen molar-refractivity contribution in [3.05, 3.63) is 0 Å². The van der Waals surface area contributed by atoms with E-state index in [1.807, 2.05) is 0 Å². The first-order valence-electron chi connectivity index (χ1n) is 6.61. The summed E-state index contributed by atoms with van der Waals surface area (Å²) in [5.74, 6) is -0.998. The minimum atomic E-state index is -0.775. The summed E-state index contributed by atoms with van der Waals surface area (Å²) in [7, 11) is 5.44. The first-order chi connectivity index (χ1) is 10.0. The Morgan fingerprint density at radius 1 is 0.864 bits per heavy atom. The average Bonchev–Trinajstić information content (AvgIpc) is 2.42. The Morgan fingerprint density at radius 2 is 1.23 bits per heavy atom. The highest BCUT2D eigenvalue weighted by molar-refractivity contribution is 5.86. The lowest BCUT2D eigenvalue weighted by atomic mass is 10.2. The number of amides is 3. The van der Waals surface area contributed by atoms with Crippen LogP contribution >= 0.6 is 0 Å². The molecule has 0 aliphatic carbocycles. The fourth-order valence-corrected chi connectivity index (χ4v) is 1.24. The van der Waals surface area contributed by atoms with Crippen molar-refractivity contribution < 1.29 is 28.8 Å². The highest BCUT2D eigenvalue weighted by Gasteiger charge is 2.28. The number of hydrogen-bond acceptors (Lipinski definition) is 6. The number of nitrogens with zero attached hydrogens (tertiary/aromatic N) is 3. The largest absolute Gasteiger partial charge is 0.444 e. The highest BCUT2D eigenvalue weighted by Crippen LogP contribution is 2.10. The molecular weight excluding hydrogens is 294 g/mol. The molecule has 0 heterocycles. The Kier molecular flexibility index (Phi) is 7.82. The van der Waals surface area contributed by atoms with E-state index in [-0.39, 0.29) is 13.1 Å². The van der Waals surface area contributed by atoms with Gasteiger partial charge >= 0.3 is 6.09 Å². The van der Waals surface area contributed by atoms with Crippen molar-refractivity contribution in [1.29, 1.82) is 0 Å². The van der Waals surface area contributed by atoms with E-state index in [2.05, 4.69) is 0 Å². The van der Waals surface area contributed by atoms with Gasteiger partial charge in [-0.25, -0.2) is 14.9 Å². The summed E-state index contributed by atoms with van der Waals surface area (Å²) in [6.07, 6.45) is -0.775. The van der Waals surface area contributed by atoms with Gasteiger partial charge in [0.15, 0.2) is 0 Å². The van der Waals surface area contributed by atoms with E-state index >= 15 is 0 Å². The third-order valence-electron chi connectivity index (χ3n) is 2.55. The Bertz CT molecular complexity index is 383. The van der Waals surface area contributed by atoms with Crippen LogP contribution in [0.3, 0.4) is 0 Å². The smallest absolute Gasteiger partial charge is 0.411 e. The molecular formula is C13H25N3O6. The molecule has 0 N–H and O–H groups in total. The maximum atomic E-state index is 12.1. The van der Waals surface area contributed by atoms with Gasteiger partial charge in [-0.2, -0.15) is 0 Å². The van der Waals surface area contributed by atoms with Gasteiger partial charge in [-0.1, -0.05) is 0 Å². The number of rotatable bonds is 6. The van der Waals surface area contributed by atoms with Crippen LogP contribution in [0.5, 0.6) is 0 Å². The van der Waals surface area contributed by atoms with Gasteiger partial charge in [0.25, 0.3) is 11.8 Å². The molecule has 9 nitrogen and oxygen atoms in total. The molecule has 0 bridgehead atoms. The summed E-state index contributed by atoms with van der Waals surface area (Å²) in [5.41, 5.74) is -0.748. The highest BCUT2D eigenvalue weighted by atomic mass is 16.7. The van der Waals surface area contributed by atoms with E-state index in [4.69, 9.17) is 14.4 Å². The predicted octanol–water partition coefficient (Wildman–Crippen LogP) is 0.263. The van der Waals surface area contributed by atoms with E-state index < -0.39 is 23.5 Å². The van der Waals surface area contributed by atoms with Crippen LogP contribution in [-0.4, -0.2) is 79.9 Å². The minimum Gasteiger partial charge on any atom is -0.444 e. The van der Waals surface area contributed by atoms with Gasteiger partial charge in [0.2, 0.25) is 0 Å².